The molecule has 0 bridgehead atoms. The van der Waals surface area contributed by atoms with Gasteiger partial charge in [0.05, 0.1) is 11.9 Å². The Morgan fingerprint density at radius 2 is 2.19 bits per heavy atom. The van der Waals surface area contributed by atoms with E-state index in [1.165, 1.54) is 24.1 Å². The van der Waals surface area contributed by atoms with Crippen molar-refractivity contribution in [2.75, 3.05) is 25.0 Å². The van der Waals surface area contributed by atoms with Gasteiger partial charge in [0.25, 0.3) is 0 Å². The van der Waals surface area contributed by atoms with Crippen molar-refractivity contribution in [1.82, 2.24) is 10.3 Å². The van der Waals surface area contributed by atoms with Crippen molar-refractivity contribution in [3.8, 4) is 0 Å². The first-order valence-electron chi connectivity index (χ1n) is 6.15. The molecule has 0 radical (unpaired) electrons. The maximum atomic E-state index is 4.24. The van der Waals surface area contributed by atoms with E-state index >= 15 is 0 Å². The molecule has 1 N–H and O–H groups in total. The highest BCUT2D eigenvalue weighted by Crippen LogP contribution is 2.19. The molecule has 1 heterocycles. The molecule has 90 valence electrons. The Labute approximate surface area is 98.9 Å². The number of hydrogen-bond acceptors (Lipinski definition) is 3. The zero-order chi connectivity index (χ0) is 11.8. The van der Waals surface area contributed by atoms with Crippen LogP contribution in [0.3, 0.4) is 0 Å². The van der Waals surface area contributed by atoms with E-state index in [1.54, 1.807) is 0 Å². The Morgan fingerprint density at radius 3 is 2.81 bits per heavy atom. The van der Waals surface area contributed by atoms with Crippen LogP contribution >= 0.6 is 0 Å². The molecule has 16 heavy (non-hydrogen) atoms. The van der Waals surface area contributed by atoms with E-state index in [0.29, 0.717) is 0 Å². The number of unbranched alkanes of at least 4 members (excludes halogenated alkanes) is 1. The maximum Gasteiger partial charge on any atom is 0.0598 e. The van der Waals surface area contributed by atoms with Gasteiger partial charge in [0.1, 0.15) is 0 Å². The fourth-order valence-electron chi connectivity index (χ4n) is 1.84. The summed E-state index contributed by atoms with van der Waals surface area (Å²) in [5.41, 5.74) is 2.60. The molecule has 0 spiro atoms. The van der Waals surface area contributed by atoms with Gasteiger partial charge in [0.2, 0.25) is 0 Å². The van der Waals surface area contributed by atoms with Gasteiger partial charge < -0.3 is 10.2 Å². The summed E-state index contributed by atoms with van der Waals surface area (Å²) >= 11 is 0. The number of aromatic nitrogens is 1. The van der Waals surface area contributed by atoms with Crippen LogP contribution in [-0.4, -0.2) is 25.1 Å². The monoisotopic (exact) mass is 221 g/mol. The summed E-state index contributed by atoms with van der Waals surface area (Å²) in [4.78, 5) is 6.64. The van der Waals surface area contributed by atoms with Gasteiger partial charge >= 0.3 is 0 Å². The number of pyridine rings is 1. The lowest BCUT2D eigenvalue weighted by Crippen LogP contribution is -2.26. The molecule has 0 amide bonds. The normalized spacial score (nSPS) is 10.4. The van der Waals surface area contributed by atoms with E-state index in [1.807, 2.05) is 19.4 Å². The van der Waals surface area contributed by atoms with E-state index in [4.69, 9.17) is 0 Å². The average molecular weight is 221 g/mol. The summed E-state index contributed by atoms with van der Waals surface area (Å²) in [7, 11) is 1.98. The SMILES string of the molecule is CCCCN(CC)c1cnccc1CNC. The third-order valence-corrected chi connectivity index (χ3v) is 2.76. The van der Waals surface area contributed by atoms with Crippen molar-refractivity contribution in [1.29, 1.82) is 0 Å². The van der Waals surface area contributed by atoms with Crippen LogP contribution in [0.5, 0.6) is 0 Å². The minimum atomic E-state index is 0.903. The molecule has 0 unspecified atom stereocenters. The second kappa shape index (κ2) is 7.23. The van der Waals surface area contributed by atoms with E-state index in [0.717, 1.165) is 19.6 Å². The maximum absolute atomic E-state index is 4.24. The highest BCUT2D eigenvalue weighted by atomic mass is 15.1. The lowest BCUT2D eigenvalue weighted by molar-refractivity contribution is 0.721. The fraction of sp³-hybridized carbons (Fsp3) is 0.615. The molecule has 0 fully saturated rings. The molecule has 0 aliphatic rings. The molecule has 0 aliphatic carbocycles. The van der Waals surface area contributed by atoms with Gasteiger partial charge in [-0.1, -0.05) is 13.3 Å². The van der Waals surface area contributed by atoms with E-state index in [-0.39, 0.29) is 0 Å². The van der Waals surface area contributed by atoms with Gasteiger partial charge in [-0.2, -0.15) is 0 Å². The first kappa shape index (κ1) is 13.0. The largest absolute Gasteiger partial charge is 0.370 e. The van der Waals surface area contributed by atoms with Crippen molar-refractivity contribution < 1.29 is 0 Å². The molecule has 0 saturated heterocycles. The van der Waals surface area contributed by atoms with Gasteiger partial charge in [-0.3, -0.25) is 4.98 Å². The van der Waals surface area contributed by atoms with E-state index in [2.05, 4.69) is 35.1 Å². The standard InChI is InChI=1S/C13H23N3/c1-4-6-9-16(5-2)13-11-15-8-7-12(13)10-14-3/h7-8,11,14H,4-6,9-10H2,1-3H3. The first-order valence-corrected chi connectivity index (χ1v) is 6.15. The highest BCUT2D eigenvalue weighted by Gasteiger charge is 2.08. The average Bonchev–Trinajstić information content (AvgIpc) is 2.32. The van der Waals surface area contributed by atoms with E-state index < -0.39 is 0 Å². The molecule has 0 saturated carbocycles. The van der Waals surface area contributed by atoms with Crippen molar-refractivity contribution in [3.05, 3.63) is 24.0 Å². The predicted octanol–water partition coefficient (Wildman–Crippen LogP) is 2.43. The van der Waals surface area contributed by atoms with Crippen LogP contribution in [0.2, 0.25) is 0 Å². The Bertz CT molecular complexity index is 299. The molecule has 1 rings (SSSR count). The van der Waals surface area contributed by atoms with Crippen LogP contribution in [0.4, 0.5) is 5.69 Å². The number of nitrogens with one attached hydrogen (secondary N) is 1. The van der Waals surface area contributed by atoms with Crippen LogP contribution in [0.25, 0.3) is 0 Å². The molecule has 3 nitrogen and oxygen atoms in total. The van der Waals surface area contributed by atoms with Crippen molar-refractivity contribution in [2.24, 2.45) is 0 Å². The van der Waals surface area contributed by atoms with Gasteiger partial charge in [0.15, 0.2) is 0 Å². The molecule has 0 aromatic carbocycles. The third-order valence-electron chi connectivity index (χ3n) is 2.76. The summed E-state index contributed by atoms with van der Waals surface area (Å²) in [5.74, 6) is 0. The highest BCUT2D eigenvalue weighted by molar-refractivity contribution is 5.51. The molecular formula is C13H23N3. The van der Waals surface area contributed by atoms with E-state index in [9.17, 15) is 0 Å². The predicted molar refractivity (Wildman–Crippen MR) is 69.8 cm³/mol. The third kappa shape index (κ3) is 3.49. The second-order valence-corrected chi connectivity index (χ2v) is 3.97. The second-order valence-electron chi connectivity index (χ2n) is 3.97. The van der Waals surface area contributed by atoms with Crippen LogP contribution in [0.15, 0.2) is 18.5 Å². The number of anilines is 1. The van der Waals surface area contributed by atoms with Gasteiger partial charge in [-0.15, -0.1) is 0 Å². The summed E-state index contributed by atoms with van der Waals surface area (Å²) < 4.78 is 0. The number of nitrogens with zero attached hydrogens (tertiary/aromatic N) is 2. The molecule has 3 heteroatoms. The summed E-state index contributed by atoms with van der Waals surface area (Å²) in [6.45, 7) is 7.50. The molecule has 0 atom stereocenters. The quantitative estimate of drug-likeness (QED) is 0.766. The smallest absolute Gasteiger partial charge is 0.0598 e. The first-order chi connectivity index (χ1) is 7.83. The lowest BCUT2D eigenvalue weighted by atomic mass is 10.2. The van der Waals surface area contributed by atoms with Crippen molar-refractivity contribution in [2.45, 2.75) is 33.2 Å². The van der Waals surface area contributed by atoms with Crippen LogP contribution < -0.4 is 10.2 Å². The molecule has 1 aromatic rings. The zero-order valence-electron chi connectivity index (χ0n) is 10.7. The van der Waals surface area contributed by atoms with Crippen LogP contribution in [-0.2, 0) is 6.54 Å². The molecule has 1 aromatic heterocycles. The van der Waals surface area contributed by atoms with Gasteiger partial charge in [-0.25, -0.2) is 0 Å². The zero-order valence-corrected chi connectivity index (χ0v) is 10.7. The van der Waals surface area contributed by atoms with Crippen molar-refractivity contribution >= 4 is 5.69 Å². The Balaban J connectivity index is 2.81. The molecular weight excluding hydrogens is 198 g/mol. The van der Waals surface area contributed by atoms with Crippen LogP contribution in [0, 0.1) is 0 Å². The van der Waals surface area contributed by atoms with Crippen molar-refractivity contribution in [3.63, 3.8) is 0 Å². The Hall–Kier alpha value is -1.09. The molecule has 0 aliphatic heterocycles. The topological polar surface area (TPSA) is 28.2 Å². The Kier molecular flexibility index (Phi) is 5.86. The summed E-state index contributed by atoms with van der Waals surface area (Å²) in [5, 5.41) is 3.21. The lowest BCUT2D eigenvalue weighted by Gasteiger charge is -2.25. The minimum absolute atomic E-state index is 0.903. The Morgan fingerprint density at radius 1 is 1.38 bits per heavy atom. The van der Waals surface area contributed by atoms with Crippen LogP contribution in [0.1, 0.15) is 32.3 Å². The van der Waals surface area contributed by atoms with Gasteiger partial charge in [-0.05, 0) is 32.0 Å². The number of hydrogen-bond donors (Lipinski definition) is 1. The van der Waals surface area contributed by atoms with Gasteiger partial charge in [0, 0.05) is 25.8 Å². The summed E-state index contributed by atoms with van der Waals surface area (Å²) in [6, 6.07) is 2.10. The summed E-state index contributed by atoms with van der Waals surface area (Å²) in [6.07, 6.45) is 6.31. The number of rotatable bonds is 7. The fourth-order valence-corrected chi connectivity index (χ4v) is 1.84. The minimum Gasteiger partial charge on any atom is -0.370 e.